The number of hydrogen-bond acceptors (Lipinski definition) is 4. The van der Waals surface area contributed by atoms with E-state index < -0.39 is 0 Å². The Kier molecular flexibility index (Phi) is 7.16. The molecule has 0 aliphatic carbocycles. The van der Waals surface area contributed by atoms with Crippen LogP contribution in [0.4, 0.5) is 17.1 Å². The number of rotatable bonds is 6. The summed E-state index contributed by atoms with van der Waals surface area (Å²) in [5.74, 6) is 0.627. The van der Waals surface area contributed by atoms with Gasteiger partial charge >= 0.3 is 0 Å². The van der Waals surface area contributed by atoms with E-state index in [0.29, 0.717) is 5.89 Å². The molecule has 3 aromatic heterocycles. The molecule has 272 valence electrons. The van der Waals surface area contributed by atoms with Crippen molar-refractivity contribution in [1.82, 2.24) is 9.55 Å². The number of nitrogens with zero attached hydrogens (tertiary/aromatic N) is 3. The van der Waals surface area contributed by atoms with Gasteiger partial charge < -0.3 is 18.3 Å². The van der Waals surface area contributed by atoms with Crippen molar-refractivity contribution < 1.29 is 8.83 Å². The molecule has 0 aliphatic rings. The molecule has 0 aliphatic heterocycles. The van der Waals surface area contributed by atoms with E-state index >= 15 is 0 Å². The van der Waals surface area contributed by atoms with Gasteiger partial charge in [0.05, 0.1) is 11.0 Å². The molecule has 0 amide bonds. The summed E-state index contributed by atoms with van der Waals surface area (Å²) < 4.78 is 15.1. The van der Waals surface area contributed by atoms with E-state index in [9.17, 15) is 0 Å². The summed E-state index contributed by atoms with van der Waals surface area (Å²) in [5.41, 5.74) is 13.2. The van der Waals surface area contributed by atoms with E-state index in [0.717, 1.165) is 88.8 Å². The highest BCUT2D eigenvalue weighted by atomic mass is 16.3. The lowest BCUT2D eigenvalue weighted by Gasteiger charge is -2.26. The van der Waals surface area contributed by atoms with Gasteiger partial charge in [0.25, 0.3) is 0 Å². The van der Waals surface area contributed by atoms with E-state index in [1.165, 1.54) is 16.3 Å². The van der Waals surface area contributed by atoms with Crippen molar-refractivity contribution in [3.63, 3.8) is 0 Å². The highest BCUT2D eigenvalue weighted by molar-refractivity contribution is 6.11. The Labute approximate surface area is 333 Å². The summed E-state index contributed by atoms with van der Waals surface area (Å²) >= 11 is 0. The summed E-state index contributed by atoms with van der Waals surface area (Å²) in [4.78, 5) is 7.18. The SMILES string of the molecule is c1ccc(-c2nc3ccc4ccc(-c5ccc(N(c6ccc7oc8ccccc8c7c6)c6ccc7c8ccccc8n(-c8ccccc8)c7c6)cc5)cc4c3o2)cc1. The standard InChI is InChI=1S/C53H33N3O2/c1-3-11-36(12-4-1)53-54-47-29-23-35-19-20-37(31-45(35)52(47)58-53)34-21-24-39(25-22-34)55(40-27-30-51-46(32-40)44-16-8-10-18-50(44)57-51)41-26-28-43-42-15-7-9-17-48(42)56(49(43)33-41)38-13-5-2-6-14-38/h1-33H. The van der Waals surface area contributed by atoms with Crippen molar-refractivity contribution in [3.8, 4) is 28.3 Å². The first-order chi connectivity index (χ1) is 28.7. The highest BCUT2D eigenvalue weighted by Crippen LogP contribution is 2.42. The summed E-state index contributed by atoms with van der Waals surface area (Å²) in [6.45, 7) is 0. The normalized spacial score (nSPS) is 11.8. The Bertz CT molecular complexity index is 3510. The summed E-state index contributed by atoms with van der Waals surface area (Å²) in [6.07, 6.45) is 0. The number of furan rings is 1. The third-order valence-electron chi connectivity index (χ3n) is 11.4. The maximum absolute atomic E-state index is 6.42. The fourth-order valence-electron chi connectivity index (χ4n) is 8.65. The molecular formula is C53H33N3O2. The van der Waals surface area contributed by atoms with E-state index in [2.05, 4.69) is 161 Å². The Morgan fingerprint density at radius 2 is 1.05 bits per heavy atom. The number of fused-ring (bicyclic) bond motifs is 9. The van der Waals surface area contributed by atoms with Gasteiger partial charge in [0.15, 0.2) is 5.58 Å². The monoisotopic (exact) mass is 743 g/mol. The molecule has 5 heteroatoms. The van der Waals surface area contributed by atoms with Crippen LogP contribution in [0.25, 0.3) is 93.9 Å². The van der Waals surface area contributed by atoms with Crippen LogP contribution < -0.4 is 4.90 Å². The van der Waals surface area contributed by atoms with Crippen molar-refractivity contribution in [3.05, 3.63) is 200 Å². The molecule has 0 saturated carbocycles. The molecule has 0 atom stereocenters. The first kappa shape index (κ1) is 32.4. The topological polar surface area (TPSA) is 47.3 Å². The van der Waals surface area contributed by atoms with Gasteiger partial charge in [-0.1, -0.05) is 109 Å². The molecule has 58 heavy (non-hydrogen) atoms. The zero-order chi connectivity index (χ0) is 38.2. The van der Waals surface area contributed by atoms with Crippen LogP contribution >= 0.6 is 0 Å². The van der Waals surface area contributed by atoms with E-state index in [1.807, 2.05) is 48.5 Å². The fraction of sp³-hybridized carbons (Fsp3) is 0. The van der Waals surface area contributed by atoms with Crippen molar-refractivity contribution in [2.75, 3.05) is 4.90 Å². The molecule has 12 rings (SSSR count). The maximum Gasteiger partial charge on any atom is 0.227 e. The Hall–Kier alpha value is -7.89. The molecule has 0 unspecified atom stereocenters. The number of anilines is 3. The van der Waals surface area contributed by atoms with Crippen LogP contribution in [0.3, 0.4) is 0 Å². The van der Waals surface area contributed by atoms with Gasteiger partial charge in [0.1, 0.15) is 16.7 Å². The van der Waals surface area contributed by atoms with Gasteiger partial charge in [-0.2, -0.15) is 0 Å². The zero-order valence-corrected chi connectivity index (χ0v) is 31.2. The van der Waals surface area contributed by atoms with Crippen molar-refractivity contribution >= 4 is 82.7 Å². The molecule has 9 aromatic carbocycles. The zero-order valence-electron chi connectivity index (χ0n) is 31.2. The number of hydrogen-bond donors (Lipinski definition) is 0. The van der Waals surface area contributed by atoms with Crippen molar-refractivity contribution in [1.29, 1.82) is 0 Å². The largest absolute Gasteiger partial charge is 0.456 e. The van der Waals surface area contributed by atoms with Gasteiger partial charge in [-0.15, -0.1) is 0 Å². The quantitative estimate of drug-likeness (QED) is 0.170. The van der Waals surface area contributed by atoms with E-state index in [1.54, 1.807) is 0 Å². The molecule has 12 aromatic rings. The smallest absolute Gasteiger partial charge is 0.227 e. The predicted molar refractivity (Wildman–Crippen MR) is 239 cm³/mol. The van der Waals surface area contributed by atoms with Crippen LogP contribution in [-0.4, -0.2) is 9.55 Å². The Morgan fingerprint density at radius 3 is 1.91 bits per heavy atom. The number of benzene rings is 9. The average molecular weight is 744 g/mol. The third-order valence-corrected chi connectivity index (χ3v) is 11.4. The van der Waals surface area contributed by atoms with Gasteiger partial charge in [0.2, 0.25) is 5.89 Å². The second-order valence-corrected chi connectivity index (χ2v) is 14.8. The average Bonchev–Trinajstić information content (AvgIpc) is 3.99. The van der Waals surface area contributed by atoms with Gasteiger partial charge in [-0.25, -0.2) is 4.98 Å². The van der Waals surface area contributed by atoms with Gasteiger partial charge in [0, 0.05) is 55.2 Å². The van der Waals surface area contributed by atoms with Crippen LogP contribution in [0.2, 0.25) is 0 Å². The first-order valence-corrected chi connectivity index (χ1v) is 19.5. The number of aromatic nitrogens is 2. The predicted octanol–water partition coefficient (Wildman–Crippen LogP) is 14.8. The molecule has 0 saturated heterocycles. The minimum atomic E-state index is 0.627. The molecule has 0 radical (unpaired) electrons. The highest BCUT2D eigenvalue weighted by Gasteiger charge is 2.20. The number of oxazole rings is 1. The first-order valence-electron chi connectivity index (χ1n) is 19.5. The molecule has 5 nitrogen and oxygen atoms in total. The van der Waals surface area contributed by atoms with E-state index in [-0.39, 0.29) is 0 Å². The molecule has 0 N–H and O–H groups in total. The van der Waals surface area contributed by atoms with Crippen LogP contribution in [0.5, 0.6) is 0 Å². The lowest BCUT2D eigenvalue weighted by Crippen LogP contribution is -2.10. The minimum Gasteiger partial charge on any atom is -0.456 e. The van der Waals surface area contributed by atoms with Crippen LogP contribution in [0.15, 0.2) is 209 Å². The summed E-state index contributed by atoms with van der Waals surface area (Å²) in [5, 5.41) is 6.77. The molecule has 0 bridgehead atoms. The second-order valence-electron chi connectivity index (χ2n) is 14.8. The Balaban J connectivity index is 1.01. The molecular weight excluding hydrogens is 711 g/mol. The van der Waals surface area contributed by atoms with Gasteiger partial charge in [-0.05, 0) is 108 Å². The van der Waals surface area contributed by atoms with Crippen LogP contribution in [0, 0.1) is 0 Å². The van der Waals surface area contributed by atoms with Crippen molar-refractivity contribution in [2.45, 2.75) is 0 Å². The fourth-order valence-corrected chi connectivity index (χ4v) is 8.65. The minimum absolute atomic E-state index is 0.627. The lowest BCUT2D eigenvalue weighted by molar-refractivity contribution is 0.623. The maximum atomic E-state index is 6.42. The van der Waals surface area contributed by atoms with E-state index in [4.69, 9.17) is 13.8 Å². The van der Waals surface area contributed by atoms with Gasteiger partial charge in [-0.3, -0.25) is 0 Å². The second kappa shape index (κ2) is 12.8. The van der Waals surface area contributed by atoms with Crippen LogP contribution in [-0.2, 0) is 0 Å². The number of para-hydroxylation sites is 3. The molecule has 3 heterocycles. The van der Waals surface area contributed by atoms with Crippen molar-refractivity contribution in [2.24, 2.45) is 0 Å². The summed E-state index contributed by atoms with van der Waals surface area (Å²) in [7, 11) is 0. The third kappa shape index (κ3) is 5.14. The Morgan fingerprint density at radius 1 is 0.397 bits per heavy atom. The lowest BCUT2D eigenvalue weighted by atomic mass is 10.00. The van der Waals surface area contributed by atoms with Crippen LogP contribution in [0.1, 0.15) is 0 Å². The molecule has 0 spiro atoms. The molecule has 0 fully saturated rings. The summed E-state index contributed by atoms with van der Waals surface area (Å²) in [6, 6.07) is 70.5.